The normalized spacial score (nSPS) is 13.5. The van der Waals surface area contributed by atoms with Crippen molar-refractivity contribution in [2.75, 3.05) is 13.6 Å². The molecule has 0 radical (unpaired) electrons. The molecule has 2 N–H and O–H groups in total. The Morgan fingerprint density at radius 3 is 2.64 bits per heavy atom. The second-order valence-corrected chi connectivity index (χ2v) is 5.99. The Hall–Kier alpha value is -1.59. The first-order chi connectivity index (χ1) is 10.6. The summed E-state index contributed by atoms with van der Waals surface area (Å²) in [6.45, 7) is 9.24. The lowest BCUT2D eigenvalue weighted by atomic mass is 10.1. The lowest BCUT2D eigenvalue weighted by Crippen LogP contribution is -2.42. The van der Waals surface area contributed by atoms with Gasteiger partial charge in [0.15, 0.2) is 11.8 Å². The zero-order valence-corrected chi connectivity index (χ0v) is 14.6. The van der Waals surface area contributed by atoms with Crippen LogP contribution in [0.15, 0.2) is 9.52 Å². The van der Waals surface area contributed by atoms with Crippen molar-refractivity contribution in [2.24, 2.45) is 4.99 Å². The Bertz CT molecular complexity index is 441. The van der Waals surface area contributed by atoms with Crippen LogP contribution in [0.1, 0.15) is 71.0 Å². The molecular formula is C16H31N5O. The van der Waals surface area contributed by atoms with Gasteiger partial charge in [-0.25, -0.2) is 0 Å². The van der Waals surface area contributed by atoms with E-state index in [9.17, 15) is 0 Å². The van der Waals surface area contributed by atoms with Crippen molar-refractivity contribution >= 4 is 5.96 Å². The second kappa shape index (κ2) is 10.2. The van der Waals surface area contributed by atoms with Gasteiger partial charge in [0.05, 0.1) is 0 Å². The minimum Gasteiger partial charge on any atom is -0.356 e. The van der Waals surface area contributed by atoms with Gasteiger partial charge in [0, 0.05) is 32.0 Å². The number of nitrogens with one attached hydrogen (secondary N) is 2. The molecule has 0 aliphatic carbocycles. The summed E-state index contributed by atoms with van der Waals surface area (Å²) in [6.07, 6.45) is 5.65. The first-order valence-electron chi connectivity index (χ1n) is 8.36. The lowest BCUT2D eigenvalue weighted by molar-refractivity contribution is 0.371. The van der Waals surface area contributed by atoms with E-state index in [0.29, 0.717) is 24.3 Å². The van der Waals surface area contributed by atoms with Gasteiger partial charge in [-0.15, -0.1) is 0 Å². The van der Waals surface area contributed by atoms with Crippen LogP contribution >= 0.6 is 0 Å². The zero-order valence-electron chi connectivity index (χ0n) is 14.6. The highest BCUT2D eigenvalue weighted by molar-refractivity contribution is 5.79. The Morgan fingerprint density at radius 1 is 1.27 bits per heavy atom. The fourth-order valence-electron chi connectivity index (χ4n) is 2.09. The van der Waals surface area contributed by atoms with Gasteiger partial charge in [0.2, 0.25) is 5.89 Å². The highest BCUT2D eigenvalue weighted by atomic mass is 16.5. The van der Waals surface area contributed by atoms with Crippen LogP contribution in [-0.4, -0.2) is 35.7 Å². The number of nitrogens with zero attached hydrogens (tertiary/aromatic N) is 3. The summed E-state index contributed by atoms with van der Waals surface area (Å²) in [5.74, 6) is 2.56. The van der Waals surface area contributed by atoms with Crippen LogP contribution in [0.3, 0.4) is 0 Å². The molecule has 0 fully saturated rings. The van der Waals surface area contributed by atoms with Gasteiger partial charge in [0.25, 0.3) is 0 Å². The van der Waals surface area contributed by atoms with E-state index in [1.54, 1.807) is 7.05 Å². The van der Waals surface area contributed by atoms with Crippen LogP contribution in [0.25, 0.3) is 0 Å². The molecular weight excluding hydrogens is 278 g/mol. The molecule has 0 amide bonds. The quantitative estimate of drug-likeness (QED) is 0.417. The van der Waals surface area contributed by atoms with E-state index in [4.69, 9.17) is 4.52 Å². The Labute approximate surface area is 134 Å². The van der Waals surface area contributed by atoms with E-state index in [2.05, 4.69) is 53.5 Å². The van der Waals surface area contributed by atoms with Crippen molar-refractivity contribution in [3.63, 3.8) is 0 Å². The Morgan fingerprint density at radius 2 is 2.05 bits per heavy atom. The van der Waals surface area contributed by atoms with E-state index in [-0.39, 0.29) is 0 Å². The molecule has 6 heteroatoms. The average molecular weight is 309 g/mol. The van der Waals surface area contributed by atoms with Crippen LogP contribution in [0.5, 0.6) is 0 Å². The molecule has 1 atom stereocenters. The van der Waals surface area contributed by atoms with E-state index >= 15 is 0 Å². The Kier molecular flexibility index (Phi) is 8.55. The molecule has 0 saturated heterocycles. The molecule has 0 aliphatic rings. The van der Waals surface area contributed by atoms with Crippen LogP contribution in [-0.2, 0) is 6.42 Å². The fraction of sp³-hybridized carbons (Fsp3) is 0.812. The third-order valence-corrected chi connectivity index (χ3v) is 3.48. The fourth-order valence-corrected chi connectivity index (χ4v) is 2.09. The molecule has 1 aromatic rings. The molecule has 126 valence electrons. The van der Waals surface area contributed by atoms with E-state index < -0.39 is 0 Å². The molecule has 1 aromatic heterocycles. The smallest absolute Gasteiger partial charge is 0.228 e. The van der Waals surface area contributed by atoms with Gasteiger partial charge >= 0.3 is 0 Å². The molecule has 1 heterocycles. The molecule has 0 aromatic carbocycles. The third kappa shape index (κ3) is 6.91. The second-order valence-electron chi connectivity index (χ2n) is 5.99. The predicted octanol–water partition coefficient (Wildman–Crippen LogP) is 2.87. The van der Waals surface area contributed by atoms with E-state index in [1.165, 1.54) is 19.3 Å². The molecule has 22 heavy (non-hydrogen) atoms. The molecule has 0 bridgehead atoms. The van der Waals surface area contributed by atoms with Crippen molar-refractivity contribution in [2.45, 2.75) is 71.8 Å². The molecule has 0 spiro atoms. The Balaban J connectivity index is 2.28. The summed E-state index contributed by atoms with van der Waals surface area (Å²) < 4.78 is 5.23. The first-order valence-corrected chi connectivity index (χ1v) is 8.36. The summed E-state index contributed by atoms with van der Waals surface area (Å²) in [5, 5.41) is 10.7. The number of rotatable bonds is 9. The third-order valence-electron chi connectivity index (χ3n) is 3.48. The van der Waals surface area contributed by atoms with Gasteiger partial charge in [-0.2, -0.15) is 4.98 Å². The van der Waals surface area contributed by atoms with E-state index in [1.807, 2.05) is 0 Å². The van der Waals surface area contributed by atoms with Crippen molar-refractivity contribution in [3.05, 3.63) is 11.7 Å². The average Bonchev–Trinajstić information content (AvgIpc) is 2.95. The highest BCUT2D eigenvalue weighted by Gasteiger charge is 2.10. The molecule has 0 aliphatic heterocycles. The molecule has 1 rings (SSSR count). The van der Waals surface area contributed by atoms with Gasteiger partial charge < -0.3 is 15.2 Å². The number of guanidine groups is 1. The summed E-state index contributed by atoms with van der Waals surface area (Å²) in [5.41, 5.74) is 0. The largest absolute Gasteiger partial charge is 0.356 e. The van der Waals surface area contributed by atoms with Gasteiger partial charge in [-0.1, -0.05) is 45.2 Å². The molecule has 1 unspecified atom stereocenters. The summed E-state index contributed by atoms with van der Waals surface area (Å²) in [4.78, 5) is 8.61. The summed E-state index contributed by atoms with van der Waals surface area (Å²) >= 11 is 0. The first kappa shape index (κ1) is 18.5. The minimum absolute atomic E-state index is 0.295. The van der Waals surface area contributed by atoms with Crippen LogP contribution in [0, 0.1) is 0 Å². The monoisotopic (exact) mass is 309 g/mol. The minimum atomic E-state index is 0.295. The number of aliphatic imine (C=N–C) groups is 1. The highest BCUT2D eigenvalue weighted by Crippen LogP contribution is 2.09. The lowest BCUT2D eigenvalue weighted by Gasteiger charge is -2.17. The van der Waals surface area contributed by atoms with Crippen LogP contribution < -0.4 is 10.6 Å². The van der Waals surface area contributed by atoms with Crippen molar-refractivity contribution in [1.82, 2.24) is 20.8 Å². The standard InChI is InChI=1S/C16H31N5O/c1-6-7-8-9-13(4)19-16(17-5)18-11-10-14-20-15(12(2)3)21-22-14/h12-13H,6-11H2,1-5H3,(H2,17,18,19). The number of aromatic nitrogens is 2. The van der Waals surface area contributed by atoms with Crippen LogP contribution in [0.4, 0.5) is 0 Å². The summed E-state index contributed by atoms with van der Waals surface area (Å²) in [6, 6.07) is 0.425. The van der Waals surface area contributed by atoms with Gasteiger partial charge in [-0.05, 0) is 13.3 Å². The summed E-state index contributed by atoms with van der Waals surface area (Å²) in [7, 11) is 1.79. The number of hydrogen-bond donors (Lipinski definition) is 2. The molecule has 0 saturated carbocycles. The van der Waals surface area contributed by atoms with Crippen molar-refractivity contribution in [3.8, 4) is 0 Å². The van der Waals surface area contributed by atoms with Crippen LogP contribution in [0.2, 0.25) is 0 Å². The SMILES string of the molecule is CCCCCC(C)NC(=NC)NCCc1nc(C(C)C)no1. The van der Waals surface area contributed by atoms with E-state index in [0.717, 1.165) is 24.7 Å². The maximum absolute atomic E-state index is 5.23. The number of unbranched alkanes of at least 4 members (excludes halogenated alkanes) is 2. The number of hydrogen-bond acceptors (Lipinski definition) is 4. The van der Waals surface area contributed by atoms with Crippen molar-refractivity contribution < 1.29 is 4.52 Å². The predicted molar refractivity (Wildman–Crippen MR) is 90.2 cm³/mol. The maximum Gasteiger partial charge on any atom is 0.228 e. The maximum atomic E-state index is 5.23. The van der Waals surface area contributed by atoms with Crippen molar-refractivity contribution in [1.29, 1.82) is 0 Å². The topological polar surface area (TPSA) is 75.3 Å². The molecule has 6 nitrogen and oxygen atoms in total. The zero-order chi connectivity index (χ0) is 16.4. The van der Waals surface area contributed by atoms with Gasteiger partial charge in [-0.3, -0.25) is 4.99 Å². The van der Waals surface area contributed by atoms with Gasteiger partial charge in [0.1, 0.15) is 0 Å².